The van der Waals surface area contributed by atoms with Gasteiger partial charge >= 0.3 is 0 Å². The van der Waals surface area contributed by atoms with Crippen molar-refractivity contribution in [2.75, 3.05) is 5.32 Å². The van der Waals surface area contributed by atoms with Crippen molar-refractivity contribution in [3.63, 3.8) is 0 Å². The smallest absolute Gasteiger partial charge is 0.269 e. The molecule has 0 radical (unpaired) electrons. The molecule has 1 N–H and O–H groups in total. The van der Waals surface area contributed by atoms with Crippen molar-refractivity contribution in [3.8, 4) is 0 Å². The third-order valence-electron chi connectivity index (χ3n) is 3.19. The lowest BCUT2D eigenvalue weighted by Crippen LogP contribution is -2.24. The maximum atomic E-state index is 12.2. The molecular weight excluding hydrogens is 272 g/mol. The molecule has 0 bridgehead atoms. The molecule has 0 aliphatic rings. The Morgan fingerprint density at radius 2 is 2.14 bits per heavy atom. The van der Waals surface area contributed by atoms with E-state index in [9.17, 15) is 14.9 Å². The second kappa shape index (κ2) is 5.74. The highest BCUT2D eigenvalue weighted by atomic mass is 16.6. The molecule has 0 aliphatic heterocycles. The van der Waals surface area contributed by atoms with Crippen molar-refractivity contribution >= 4 is 17.3 Å². The molecule has 0 saturated heterocycles. The van der Waals surface area contributed by atoms with Crippen LogP contribution in [-0.2, 0) is 4.79 Å². The summed E-state index contributed by atoms with van der Waals surface area (Å²) in [6.45, 7) is 5.35. The summed E-state index contributed by atoms with van der Waals surface area (Å²) >= 11 is 0. The molecule has 1 unspecified atom stereocenters. The van der Waals surface area contributed by atoms with Gasteiger partial charge in [-0.25, -0.2) is 0 Å². The van der Waals surface area contributed by atoms with Crippen LogP contribution in [0.15, 0.2) is 30.6 Å². The number of amides is 1. The number of nitrogens with one attached hydrogen (secondary N) is 1. The zero-order valence-electron chi connectivity index (χ0n) is 12.0. The largest absolute Gasteiger partial charge is 0.324 e. The van der Waals surface area contributed by atoms with E-state index in [2.05, 4.69) is 10.4 Å². The van der Waals surface area contributed by atoms with E-state index >= 15 is 0 Å². The fourth-order valence-corrected chi connectivity index (χ4v) is 1.90. The van der Waals surface area contributed by atoms with Gasteiger partial charge in [-0.1, -0.05) is 0 Å². The Kier molecular flexibility index (Phi) is 4.02. The number of anilines is 1. The van der Waals surface area contributed by atoms with Gasteiger partial charge in [0.05, 0.1) is 11.1 Å². The Bertz CT molecular complexity index is 693. The van der Waals surface area contributed by atoms with E-state index in [1.54, 1.807) is 30.9 Å². The molecule has 1 atom stereocenters. The molecule has 1 aromatic carbocycles. The molecular formula is C14H16N4O3. The number of rotatable bonds is 4. The van der Waals surface area contributed by atoms with Crippen molar-refractivity contribution in [3.05, 3.63) is 51.8 Å². The van der Waals surface area contributed by atoms with Crippen LogP contribution in [0.3, 0.4) is 0 Å². The van der Waals surface area contributed by atoms with Gasteiger partial charge in [-0.05, 0) is 38.0 Å². The number of hydrogen-bond donors (Lipinski definition) is 1. The second-order valence-electron chi connectivity index (χ2n) is 4.92. The van der Waals surface area contributed by atoms with E-state index < -0.39 is 11.0 Å². The zero-order valence-corrected chi connectivity index (χ0v) is 12.0. The SMILES string of the molecule is Cc1cnn(C(C)C(=O)Nc2ccc([N+](=O)[O-])cc2C)c1. The van der Waals surface area contributed by atoms with Crippen molar-refractivity contribution < 1.29 is 9.72 Å². The average molecular weight is 288 g/mol. The van der Waals surface area contributed by atoms with Gasteiger partial charge in [-0.15, -0.1) is 0 Å². The summed E-state index contributed by atoms with van der Waals surface area (Å²) in [6.07, 6.45) is 3.47. The summed E-state index contributed by atoms with van der Waals surface area (Å²) < 4.78 is 1.57. The summed E-state index contributed by atoms with van der Waals surface area (Å²) in [5, 5.41) is 17.6. The molecule has 21 heavy (non-hydrogen) atoms. The number of carbonyl (C=O) groups is 1. The van der Waals surface area contributed by atoms with Crippen LogP contribution < -0.4 is 5.32 Å². The third-order valence-corrected chi connectivity index (χ3v) is 3.19. The van der Waals surface area contributed by atoms with Crippen LogP contribution in [0.25, 0.3) is 0 Å². The minimum Gasteiger partial charge on any atom is -0.324 e. The number of nitro benzene ring substituents is 1. The maximum Gasteiger partial charge on any atom is 0.269 e. The van der Waals surface area contributed by atoms with E-state index in [0.717, 1.165) is 5.56 Å². The summed E-state index contributed by atoms with van der Waals surface area (Å²) in [7, 11) is 0. The summed E-state index contributed by atoms with van der Waals surface area (Å²) in [5.74, 6) is -0.227. The van der Waals surface area contributed by atoms with Crippen LogP contribution in [0.5, 0.6) is 0 Å². The van der Waals surface area contributed by atoms with Gasteiger partial charge in [0.25, 0.3) is 5.69 Å². The monoisotopic (exact) mass is 288 g/mol. The molecule has 0 saturated carbocycles. The number of nitrogens with zero attached hydrogens (tertiary/aromatic N) is 3. The molecule has 1 amide bonds. The summed E-state index contributed by atoms with van der Waals surface area (Å²) in [5.41, 5.74) is 2.17. The van der Waals surface area contributed by atoms with Crippen molar-refractivity contribution in [2.45, 2.75) is 26.8 Å². The Hall–Kier alpha value is -2.70. The highest BCUT2D eigenvalue weighted by Crippen LogP contribution is 2.22. The van der Waals surface area contributed by atoms with Crippen LogP contribution >= 0.6 is 0 Å². The molecule has 1 aromatic heterocycles. The molecule has 0 spiro atoms. The first-order valence-corrected chi connectivity index (χ1v) is 6.45. The normalized spacial score (nSPS) is 12.0. The molecule has 0 aliphatic carbocycles. The van der Waals surface area contributed by atoms with E-state index in [1.165, 1.54) is 18.2 Å². The first-order chi connectivity index (χ1) is 9.88. The van der Waals surface area contributed by atoms with Gasteiger partial charge < -0.3 is 5.32 Å². The predicted molar refractivity (Wildman–Crippen MR) is 78.1 cm³/mol. The standard InChI is InChI=1S/C14H16N4O3/c1-9-7-15-17(8-9)11(3)14(19)16-13-5-4-12(18(20)21)6-10(13)2/h4-8,11H,1-3H3,(H,16,19). The Morgan fingerprint density at radius 3 is 2.67 bits per heavy atom. The highest BCUT2D eigenvalue weighted by molar-refractivity contribution is 5.94. The van der Waals surface area contributed by atoms with E-state index in [0.29, 0.717) is 11.3 Å². The lowest BCUT2D eigenvalue weighted by atomic mass is 10.1. The van der Waals surface area contributed by atoms with E-state index in [1.807, 2.05) is 6.92 Å². The lowest BCUT2D eigenvalue weighted by molar-refractivity contribution is -0.384. The maximum absolute atomic E-state index is 12.2. The summed E-state index contributed by atoms with van der Waals surface area (Å²) in [6, 6.07) is 3.86. The van der Waals surface area contributed by atoms with Crippen molar-refractivity contribution in [1.29, 1.82) is 0 Å². The Balaban J connectivity index is 2.14. The van der Waals surface area contributed by atoms with Crippen LogP contribution in [0.4, 0.5) is 11.4 Å². The number of aryl methyl sites for hydroxylation is 2. The fourth-order valence-electron chi connectivity index (χ4n) is 1.90. The first kappa shape index (κ1) is 14.7. The van der Waals surface area contributed by atoms with Gasteiger partial charge in [-0.2, -0.15) is 5.10 Å². The number of benzene rings is 1. The highest BCUT2D eigenvalue weighted by Gasteiger charge is 2.17. The van der Waals surface area contributed by atoms with Crippen molar-refractivity contribution in [2.24, 2.45) is 0 Å². The van der Waals surface area contributed by atoms with Gasteiger partial charge in [0.1, 0.15) is 6.04 Å². The molecule has 7 nitrogen and oxygen atoms in total. The Labute approximate surface area is 121 Å². The van der Waals surface area contributed by atoms with Crippen LogP contribution in [0, 0.1) is 24.0 Å². The first-order valence-electron chi connectivity index (χ1n) is 6.45. The molecule has 2 aromatic rings. The van der Waals surface area contributed by atoms with Gasteiger partial charge in [-0.3, -0.25) is 19.6 Å². The fraction of sp³-hybridized carbons (Fsp3) is 0.286. The molecule has 7 heteroatoms. The topological polar surface area (TPSA) is 90.1 Å². The lowest BCUT2D eigenvalue weighted by Gasteiger charge is -2.14. The average Bonchev–Trinajstić information content (AvgIpc) is 2.86. The number of nitro groups is 1. The van der Waals surface area contributed by atoms with Crippen LogP contribution in [0.2, 0.25) is 0 Å². The molecule has 1 heterocycles. The quantitative estimate of drug-likeness (QED) is 0.691. The molecule has 110 valence electrons. The van der Waals surface area contributed by atoms with Crippen molar-refractivity contribution in [1.82, 2.24) is 9.78 Å². The second-order valence-corrected chi connectivity index (χ2v) is 4.92. The van der Waals surface area contributed by atoms with Gasteiger partial charge in [0.2, 0.25) is 5.91 Å². The number of hydrogen-bond acceptors (Lipinski definition) is 4. The third kappa shape index (κ3) is 3.25. The number of carbonyl (C=O) groups excluding carboxylic acids is 1. The summed E-state index contributed by atoms with van der Waals surface area (Å²) in [4.78, 5) is 22.4. The minimum atomic E-state index is -0.465. The number of non-ortho nitro benzene ring substituents is 1. The molecule has 2 rings (SSSR count). The van der Waals surface area contributed by atoms with E-state index in [4.69, 9.17) is 0 Å². The van der Waals surface area contributed by atoms with E-state index in [-0.39, 0.29) is 11.6 Å². The predicted octanol–water partition coefficient (Wildman–Crippen LogP) is 2.61. The Morgan fingerprint density at radius 1 is 1.43 bits per heavy atom. The number of aromatic nitrogens is 2. The minimum absolute atomic E-state index is 0.00116. The molecule has 0 fully saturated rings. The van der Waals surface area contributed by atoms with Crippen LogP contribution in [0.1, 0.15) is 24.1 Å². The van der Waals surface area contributed by atoms with Gasteiger partial charge in [0.15, 0.2) is 0 Å². The zero-order chi connectivity index (χ0) is 15.6. The van der Waals surface area contributed by atoms with Gasteiger partial charge in [0, 0.05) is 24.0 Å². The van der Waals surface area contributed by atoms with Crippen LogP contribution in [-0.4, -0.2) is 20.6 Å².